The zero-order valence-electron chi connectivity index (χ0n) is 16.8. The standard InChI is InChI=1S/C21H22N6O2S/c1-14-5-6-16(12-15(14)2)27-10-9-23-21(27)30-13-19(28)22-8-7-18-24-20(26-25-18)17-4-3-11-29-17/h3-6,9-12H,7-8,13H2,1-2H3,(H,22,28)(H,24,25,26). The first kappa shape index (κ1) is 20.0. The highest BCUT2D eigenvalue weighted by molar-refractivity contribution is 7.99. The monoisotopic (exact) mass is 422 g/mol. The van der Waals surface area contributed by atoms with Crippen LogP contribution in [0.5, 0.6) is 0 Å². The second kappa shape index (κ2) is 9.00. The smallest absolute Gasteiger partial charge is 0.230 e. The van der Waals surface area contributed by atoms with Crippen LogP contribution in [-0.4, -0.2) is 42.9 Å². The van der Waals surface area contributed by atoms with Gasteiger partial charge in [-0.2, -0.15) is 5.10 Å². The summed E-state index contributed by atoms with van der Waals surface area (Å²) in [4.78, 5) is 21.0. The summed E-state index contributed by atoms with van der Waals surface area (Å²) in [6, 6.07) is 9.85. The number of furan rings is 1. The maximum absolute atomic E-state index is 12.2. The van der Waals surface area contributed by atoms with E-state index in [0.717, 1.165) is 10.8 Å². The van der Waals surface area contributed by atoms with E-state index in [1.54, 1.807) is 24.6 Å². The Morgan fingerprint density at radius 1 is 1.27 bits per heavy atom. The summed E-state index contributed by atoms with van der Waals surface area (Å²) in [5.74, 6) is 2.04. The molecule has 30 heavy (non-hydrogen) atoms. The minimum atomic E-state index is -0.0552. The maximum atomic E-state index is 12.2. The number of H-pyrrole nitrogens is 1. The summed E-state index contributed by atoms with van der Waals surface area (Å²) in [6.07, 6.45) is 5.79. The molecule has 0 fully saturated rings. The number of carbonyl (C=O) groups is 1. The normalized spacial score (nSPS) is 11.0. The summed E-state index contributed by atoms with van der Waals surface area (Å²) < 4.78 is 7.27. The van der Waals surface area contributed by atoms with Crippen molar-refractivity contribution < 1.29 is 9.21 Å². The highest BCUT2D eigenvalue weighted by atomic mass is 32.2. The zero-order valence-corrected chi connectivity index (χ0v) is 17.6. The SMILES string of the molecule is Cc1ccc(-n2ccnc2SCC(=O)NCCc2nc(-c3ccco3)n[nH]2)cc1C. The van der Waals surface area contributed by atoms with Crippen molar-refractivity contribution in [2.24, 2.45) is 0 Å². The molecule has 0 spiro atoms. The van der Waals surface area contributed by atoms with E-state index >= 15 is 0 Å². The van der Waals surface area contributed by atoms with E-state index in [4.69, 9.17) is 4.42 Å². The molecule has 0 radical (unpaired) electrons. The first-order valence-corrected chi connectivity index (χ1v) is 10.5. The van der Waals surface area contributed by atoms with Crippen LogP contribution in [0.2, 0.25) is 0 Å². The Morgan fingerprint density at radius 2 is 2.17 bits per heavy atom. The van der Waals surface area contributed by atoms with Crippen LogP contribution in [0.4, 0.5) is 0 Å². The third-order valence-electron chi connectivity index (χ3n) is 4.67. The van der Waals surface area contributed by atoms with Crippen molar-refractivity contribution in [3.63, 3.8) is 0 Å². The number of amides is 1. The highest BCUT2D eigenvalue weighted by Gasteiger charge is 2.11. The zero-order chi connectivity index (χ0) is 20.9. The Balaban J connectivity index is 1.27. The molecule has 1 amide bonds. The van der Waals surface area contributed by atoms with E-state index in [2.05, 4.69) is 57.5 Å². The fraction of sp³-hybridized carbons (Fsp3) is 0.238. The van der Waals surface area contributed by atoms with Crippen molar-refractivity contribution in [3.8, 4) is 17.3 Å². The van der Waals surface area contributed by atoms with Crippen molar-refractivity contribution >= 4 is 17.7 Å². The van der Waals surface area contributed by atoms with Gasteiger partial charge < -0.3 is 9.73 Å². The van der Waals surface area contributed by atoms with Gasteiger partial charge in [0.2, 0.25) is 11.7 Å². The predicted octanol–water partition coefficient (Wildman–Crippen LogP) is 3.32. The number of carbonyl (C=O) groups excluding carboxylic acids is 1. The molecule has 0 bridgehead atoms. The van der Waals surface area contributed by atoms with Crippen LogP contribution < -0.4 is 5.32 Å². The molecule has 0 aliphatic heterocycles. The Bertz CT molecular complexity index is 1130. The molecular weight excluding hydrogens is 400 g/mol. The molecule has 1 aromatic carbocycles. The number of hydrogen-bond acceptors (Lipinski definition) is 6. The van der Waals surface area contributed by atoms with E-state index in [1.165, 1.54) is 22.9 Å². The number of nitrogens with one attached hydrogen (secondary N) is 2. The van der Waals surface area contributed by atoms with E-state index in [0.29, 0.717) is 30.4 Å². The number of aromatic amines is 1. The highest BCUT2D eigenvalue weighted by Crippen LogP contribution is 2.22. The van der Waals surface area contributed by atoms with Gasteiger partial charge in [-0.1, -0.05) is 17.8 Å². The van der Waals surface area contributed by atoms with Crippen LogP contribution in [0.15, 0.2) is 58.6 Å². The van der Waals surface area contributed by atoms with Crippen LogP contribution in [0, 0.1) is 13.8 Å². The molecular formula is C21H22N6O2S. The summed E-state index contributed by atoms with van der Waals surface area (Å²) >= 11 is 1.41. The van der Waals surface area contributed by atoms with Crippen molar-refractivity contribution in [1.29, 1.82) is 0 Å². The third kappa shape index (κ3) is 4.62. The molecule has 8 nitrogen and oxygen atoms in total. The lowest BCUT2D eigenvalue weighted by molar-refractivity contribution is -0.118. The minimum absolute atomic E-state index is 0.0552. The second-order valence-electron chi connectivity index (χ2n) is 6.82. The van der Waals surface area contributed by atoms with Crippen molar-refractivity contribution in [2.45, 2.75) is 25.4 Å². The average molecular weight is 423 g/mol. The lowest BCUT2D eigenvalue weighted by Gasteiger charge is -2.10. The van der Waals surface area contributed by atoms with E-state index in [1.807, 2.05) is 10.8 Å². The molecule has 4 aromatic rings. The van der Waals surface area contributed by atoms with Crippen molar-refractivity contribution in [3.05, 3.63) is 65.9 Å². The number of hydrogen-bond donors (Lipinski definition) is 2. The Kier molecular flexibility index (Phi) is 5.99. The Labute approximate surface area is 178 Å². The van der Waals surface area contributed by atoms with Gasteiger partial charge in [0.05, 0.1) is 12.0 Å². The van der Waals surface area contributed by atoms with Gasteiger partial charge in [0.15, 0.2) is 10.9 Å². The van der Waals surface area contributed by atoms with Gasteiger partial charge >= 0.3 is 0 Å². The van der Waals surface area contributed by atoms with E-state index in [9.17, 15) is 4.79 Å². The molecule has 154 valence electrons. The predicted molar refractivity (Wildman–Crippen MR) is 115 cm³/mol. The second-order valence-corrected chi connectivity index (χ2v) is 7.76. The van der Waals surface area contributed by atoms with Crippen LogP contribution in [0.3, 0.4) is 0 Å². The van der Waals surface area contributed by atoms with Gasteiger partial charge in [0, 0.05) is 31.0 Å². The number of nitrogens with zero attached hydrogens (tertiary/aromatic N) is 4. The fourth-order valence-corrected chi connectivity index (χ4v) is 3.70. The molecule has 4 rings (SSSR count). The molecule has 2 N–H and O–H groups in total. The first-order chi connectivity index (χ1) is 14.6. The minimum Gasteiger partial charge on any atom is -0.461 e. The van der Waals surface area contributed by atoms with Gasteiger partial charge in [-0.05, 0) is 49.2 Å². The molecule has 0 aliphatic carbocycles. The number of benzene rings is 1. The number of thioether (sulfide) groups is 1. The van der Waals surface area contributed by atoms with Gasteiger partial charge in [-0.15, -0.1) is 0 Å². The van der Waals surface area contributed by atoms with Crippen LogP contribution >= 0.6 is 11.8 Å². The Hall–Kier alpha value is -3.33. The maximum Gasteiger partial charge on any atom is 0.230 e. The number of aromatic nitrogens is 5. The first-order valence-electron chi connectivity index (χ1n) is 9.56. The summed E-state index contributed by atoms with van der Waals surface area (Å²) in [7, 11) is 0. The fourth-order valence-electron chi connectivity index (χ4n) is 2.89. The van der Waals surface area contributed by atoms with Crippen molar-refractivity contribution in [2.75, 3.05) is 12.3 Å². The topological polar surface area (TPSA) is 102 Å². The molecule has 0 unspecified atom stereocenters. The molecule has 0 saturated carbocycles. The molecule has 0 atom stereocenters. The van der Waals surface area contributed by atoms with Crippen LogP contribution in [0.1, 0.15) is 17.0 Å². The van der Waals surface area contributed by atoms with Gasteiger partial charge in [-0.25, -0.2) is 9.97 Å². The van der Waals surface area contributed by atoms with Crippen molar-refractivity contribution in [1.82, 2.24) is 30.0 Å². The summed E-state index contributed by atoms with van der Waals surface area (Å²) in [5.41, 5.74) is 3.50. The molecule has 3 heterocycles. The van der Waals surface area contributed by atoms with Gasteiger partial charge in [0.1, 0.15) is 5.82 Å². The number of imidazole rings is 1. The third-order valence-corrected chi connectivity index (χ3v) is 5.63. The van der Waals surface area contributed by atoms with Gasteiger partial charge in [-0.3, -0.25) is 14.5 Å². The van der Waals surface area contributed by atoms with Crippen LogP contribution in [0.25, 0.3) is 17.3 Å². The van der Waals surface area contributed by atoms with E-state index < -0.39 is 0 Å². The van der Waals surface area contributed by atoms with Crippen LogP contribution in [-0.2, 0) is 11.2 Å². The number of rotatable bonds is 8. The molecule has 9 heteroatoms. The molecule has 0 saturated heterocycles. The summed E-state index contributed by atoms with van der Waals surface area (Å²) in [6.45, 7) is 4.64. The Morgan fingerprint density at radius 3 is 2.97 bits per heavy atom. The molecule has 3 aromatic heterocycles. The summed E-state index contributed by atoms with van der Waals surface area (Å²) in [5, 5.41) is 10.7. The number of aryl methyl sites for hydroxylation is 2. The lowest BCUT2D eigenvalue weighted by atomic mass is 10.1. The lowest BCUT2D eigenvalue weighted by Crippen LogP contribution is -2.27. The molecule has 0 aliphatic rings. The average Bonchev–Trinajstić information content (AvgIpc) is 3.49. The van der Waals surface area contributed by atoms with E-state index in [-0.39, 0.29) is 11.7 Å². The van der Waals surface area contributed by atoms with Gasteiger partial charge in [0.25, 0.3) is 0 Å². The quantitative estimate of drug-likeness (QED) is 0.423. The largest absolute Gasteiger partial charge is 0.461 e.